The van der Waals surface area contributed by atoms with Crippen molar-refractivity contribution in [1.82, 2.24) is 9.88 Å². The number of nitrogens with one attached hydrogen (secondary N) is 1. The number of carbonyl (C=O) groups is 1. The number of pyridine rings is 1. The van der Waals surface area contributed by atoms with Crippen LogP contribution in [0, 0.1) is 0 Å². The van der Waals surface area contributed by atoms with Crippen LogP contribution in [0.15, 0.2) is 48.7 Å². The maximum atomic E-state index is 12.1. The topological polar surface area (TPSA) is 65.5 Å². The van der Waals surface area contributed by atoms with Crippen molar-refractivity contribution in [2.45, 2.75) is 6.42 Å². The van der Waals surface area contributed by atoms with Crippen LogP contribution in [0.25, 0.3) is 0 Å². The molecule has 122 valence electrons. The number of halogens is 1. The Hall–Kier alpha value is -1.95. The number of hydrogen-bond acceptors (Lipinski definition) is 4. The first-order valence-corrected chi connectivity index (χ1v) is 7.84. The van der Waals surface area contributed by atoms with Gasteiger partial charge in [-0.3, -0.25) is 9.69 Å². The summed E-state index contributed by atoms with van der Waals surface area (Å²) in [6.07, 6.45) is 2.39. The van der Waals surface area contributed by atoms with Crippen molar-refractivity contribution >= 4 is 23.2 Å². The van der Waals surface area contributed by atoms with Crippen molar-refractivity contribution in [3.05, 3.63) is 59.4 Å². The summed E-state index contributed by atoms with van der Waals surface area (Å²) >= 11 is 5.93. The van der Waals surface area contributed by atoms with E-state index in [4.69, 9.17) is 11.6 Å². The van der Waals surface area contributed by atoms with Crippen LogP contribution in [0.3, 0.4) is 0 Å². The molecule has 23 heavy (non-hydrogen) atoms. The van der Waals surface area contributed by atoms with Crippen LogP contribution in [-0.2, 0) is 11.2 Å². The van der Waals surface area contributed by atoms with E-state index in [9.17, 15) is 9.90 Å². The molecule has 0 spiro atoms. The van der Waals surface area contributed by atoms with Crippen LogP contribution < -0.4 is 5.32 Å². The average molecular weight is 334 g/mol. The van der Waals surface area contributed by atoms with Crippen molar-refractivity contribution in [2.75, 3.05) is 31.6 Å². The first kappa shape index (κ1) is 17.4. The second kappa shape index (κ2) is 9.25. The molecule has 0 saturated heterocycles. The van der Waals surface area contributed by atoms with Crippen LogP contribution in [0.2, 0.25) is 5.15 Å². The van der Waals surface area contributed by atoms with E-state index in [0.29, 0.717) is 18.8 Å². The molecule has 1 aromatic heterocycles. The van der Waals surface area contributed by atoms with Crippen LogP contribution in [0.5, 0.6) is 0 Å². The van der Waals surface area contributed by atoms with E-state index in [1.54, 1.807) is 18.3 Å². The minimum atomic E-state index is -0.179. The summed E-state index contributed by atoms with van der Waals surface area (Å²) in [6.45, 7) is 1.34. The van der Waals surface area contributed by atoms with Gasteiger partial charge in [0.25, 0.3) is 0 Å². The van der Waals surface area contributed by atoms with Crippen LogP contribution in [0.1, 0.15) is 5.56 Å². The highest BCUT2D eigenvalue weighted by atomic mass is 35.5. The van der Waals surface area contributed by atoms with Gasteiger partial charge >= 0.3 is 0 Å². The fourth-order valence-electron chi connectivity index (χ4n) is 2.22. The van der Waals surface area contributed by atoms with Gasteiger partial charge < -0.3 is 10.4 Å². The highest BCUT2D eigenvalue weighted by molar-refractivity contribution is 6.32. The molecule has 0 aliphatic heterocycles. The molecule has 0 fully saturated rings. The van der Waals surface area contributed by atoms with Crippen LogP contribution in [0.4, 0.5) is 5.69 Å². The third kappa shape index (κ3) is 5.98. The monoisotopic (exact) mass is 333 g/mol. The van der Waals surface area contributed by atoms with Crippen LogP contribution in [-0.4, -0.2) is 47.1 Å². The minimum Gasteiger partial charge on any atom is -0.395 e. The second-order valence-electron chi connectivity index (χ2n) is 5.13. The first-order chi connectivity index (χ1) is 11.2. The van der Waals surface area contributed by atoms with E-state index in [0.717, 1.165) is 6.42 Å². The summed E-state index contributed by atoms with van der Waals surface area (Å²) in [6, 6.07) is 13.5. The Morgan fingerprint density at radius 2 is 1.96 bits per heavy atom. The molecule has 0 saturated carbocycles. The van der Waals surface area contributed by atoms with Gasteiger partial charge in [0.05, 0.1) is 18.8 Å². The molecular weight excluding hydrogens is 314 g/mol. The third-order valence-corrected chi connectivity index (χ3v) is 3.68. The zero-order valence-corrected chi connectivity index (χ0v) is 13.5. The summed E-state index contributed by atoms with van der Waals surface area (Å²) in [5, 5.41) is 12.2. The van der Waals surface area contributed by atoms with E-state index in [2.05, 4.69) is 10.3 Å². The van der Waals surface area contributed by atoms with Gasteiger partial charge in [-0.05, 0) is 24.1 Å². The molecule has 0 atom stereocenters. The van der Waals surface area contributed by atoms with E-state index >= 15 is 0 Å². The molecule has 0 radical (unpaired) electrons. The van der Waals surface area contributed by atoms with Gasteiger partial charge in [-0.1, -0.05) is 41.9 Å². The second-order valence-corrected chi connectivity index (χ2v) is 5.48. The number of hydrogen-bond donors (Lipinski definition) is 2. The molecule has 6 heteroatoms. The fourth-order valence-corrected chi connectivity index (χ4v) is 2.38. The Labute approximate surface area is 140 Å². The Morgan fingerprint density at radius 1 is 1.17 bits per heavy atom. The largest absolute Gasteiger partial charge is 0.395 e. The fraction of sp³-hybridized carbons (Fsp3) is 0.294. The van der Waals surface area contributed by atoms with Gasteiger partial charge in [-0.2, -0.15) is 0 Å². The maximum absolute atomic E-state index is 12.1. The summed E-state index contributed by atoms with van der Waals surface area (Å²) in [4.78, 5) is 18.0. The number of amides is 1. The summed E-state index contributed by atoms with van der Waals surface area (Å²) in [5.74, 6) is -0.179. The number of benzene rings is 1. The van der Waals surface area contributed by atoms with Crippen molar-refractivity contribution in [1.29, 1.82) is 0 Å². The van der Waals surface area contributed by atoms with Gasteiger partial charge in [-0.25, -0.2) is 4.98 Å². The standard InChI is InChI=1S/C17H20ClN3O2/c18-17-15(7-4-9-19-17)20-16(23)13-21(11-12-22)10-8-14-5-2-1-3-6-14/h1-7,9,22H,8,10-13H2,(H,20,23). The number of aromatic nitrogens is 1. The molecule has 2 rings (SSSR count). The van der Waals surface area contributed by atoms with Crippen molar-refractivity contribution in [2.24, 2.45) is 0 Å². The number of carbonyl (C=O) groups excluding carboxylic acids is 1. The van der Waals surface area contributed by atoms with Crippen molar-refractivity contribution in [3.8, 4) is 0 Å². The quantitative estimate of drug-likeness (QED) is 0.727. The molecule has 2 N–H and O–H groups in total. The predicted molar refractivity (Wildman–Crippen MR) is 91.5 cm³/mol. The maximum Gasteiger partial charge on any atom is 0.238 e. The molecule has 1 aromatic carbocycles. The Bertz CT molecular complexity index is 622. The number of nitrogens with zero attached hydrogens (tertiary/aromatic N) is 2. The lowest BCUT2D eigenvalue weighted by Crippen LogP contribution is -2.36. The lowest BCUT2D eigenvalue weighted by Gasteiger charge is -2.20. The molecule has 1 amide bonds. The first-order valence-electron chi connectivity index (χ1n) is 7.46. The summed E-state index contributed by atoms with van der Waals surface area (Å²) < 4.78 is 0. The SMILES string of the molecule is O=C(CN(CCO)CCc1ccccc1)Nc1cccnc1Cl. The Kier molecular flexibility index (Phi) is 7.00. The highest BCUT2D eigenvalue weighted by Gasteiger charge is 2.12. The number of aliphatic hydroxyl groups is 1. The lowest BCUT2D eigenvalue weighted by atomic mass is 10.1. The van der Waals surface area contributed by atoms with Crippen molar-refractivity contribution < 1.29 is 9.90 Å². The Balaban J connectivity index is 1.88. The van der Waals surface area contributed by atoms with E-state index in [1.165, 1.54) is 5.56 Å². The summed E-state index contributed by atoms with van der Waals surface area (Å²) in [5.41, 5.74) is 1.69. The lowest BCUT2D eigenvalue weighted by molar-refractivity contribution is -0.117. The summed E-state index contributed by atoms with van der Waals surface area (Å²) in [7, 11) is 0. The number of anilines is 1. The minimum absolute atomic E-state index is 0.00964. The normalized spacial score (nSPS) is 10.7. The number of aliphatic hydroxyl groups excluding tert-OH is 1. The molecule has 0 aliphatic carbocycles. The van der Waals surface area contributed by atoms with Gasteiger partial charge in [-0.15, -0.1) is 0 Å². The van der Waals surface area contributed by atoms with E-state index < -0.39 is 0 Å². The average Bonchev–Trinajstić information content (AvgIpc) is 2.56. The highest BCUT2D eigenvalue weighted by Crippen LogP contribution is 2.17. The van der Waals surface area contributed by atoms with Crippen LogP contribution >= 0.6 is 11.6 Å². The van der Waals surface area contributed by atoms with E-state index in [1.807, 2.05) is 35.2 Å². The van der Waals surface area contributed by atoms with Gasteiger partial charge in [0, 0.05) is 19.3 Å². The Morgan fingerprint density at radius 3 is 2.65 bits per heavy atom. The molecule has 0 bridgehead atoms. The van der Waals surface area contributed by atoms with Crippen molar-refractivity contribution in [3.63, 3.8) is 0 Å². The molecular formula is C17H20ClN3O2. The molecule has 0 aliphatic rings. The molecule has 2 aromatic rings. The van der Waals surface area contributed by atoms with Gasteiger partial charge in [0.15, 0.2) is 5.15 Å². The number of rotatable bonds is 8. The van der Waals surface area contributed by atoms with Gasteiger partial charge in [0.2, 0.25) is 5.91 Å². The molecule has 0 unspecified atom stereocenters. The zero-order valence-electron chi connectivity index (χ0n) is 12.8. The third-order valence-electron chi connectivity index (χ3n) is 3.38. The zero-order chi connectivity index (χ0) is 16.5. The molecule has 1 heterocycles. The molecule has 5 nitrogen and oxygen atoms in total. The predicted octanol–water partition coefficient (Wildman–Crippen LogP) is 2.21. The van der Waals surface area contributed by atoms with Gasteiger partial charge in [0.1, 0.15) is 0 Å². The van der Waals surface area contributed by atoms with E-state index in [-0.39, 0.29) is 24.2 Å². The smallest absolute Gasteiger partial charge is 0.238 e.